The number of rotatable bonds is 5. The topological polar surface area (TPSA) is 88.2 Å². The summed E-state index contributed by atoms with van der Waals surface area (Å²) in [5.41, 5.74) is 5.25. The van der Waals surface area contributed by atoms with Crippen LogP contribution in [0.5, 0.6) is 0 Å². The average molecular weight is 420 g/mol. The highest BCUT2D eigenvalue weighted by Crippen LogP contribution is 2.28. The summed E-state index contributed by atoms with van der Waals surface area (Å²) >= 11 is 1.63. The molecule has 2 atom stereocenters. The van der Waals surface area contributed by atoms with E-state index in [-0.39, 0.29) is 11.9 Å². The highest BCUT2D eigenvalue weighted by Gasteiger charge is 2.30. The maximum atomic E-state index is 12.7. The molecule has 1 aromatic carbocycles. The first-order valence-corrected chi connectivity index (χ1v) is 10.8. The minimum Gasteiger partial charge on any atom is -0.449 e. The summed E-state index contributed by atoms with van der Waals surface area (Å²) in [7, 11) is 0. The zero-order valence-corrected chi connectivity index (χ0v) is 17.3. The number of amides is 1. The van der Waals surface area contributed by atoms with E-state index >= 15 is 0 Å². The van der Waals surface area contributed by atoms with Crippen molar-refractivity contribution in [3.8, 4) is 11.3 Å². The molecule has 1 fully saturated rings. The Hall–Kier alpha value is -3.03. The molecule has 30 heavy (non-hydrogen) atoms. The fourth-order valence-corrected chi connectivity index (χ4v) is 4.52. The molecule has 1 saturated carbocycles. The van der Waals surface area contributed by atoms with E-state index < -0.39 is 6.10 Å². The quantitative estimate of drug-likeness (QED) is 0.508. The molecule has 4 aromatic rings. The number of carbonyl (C=O) groups excluding carboxylic acids is 1. The Morgan fingerprint density at radius 2 is 2.07 bits per heavy atom. The van der Waals surface area contributed by atoms with Crippen LogP contribution in [0.4, 0.5) is 0 Å². The van der Waals surface area contributed by atoms with Crippen LogP contribution in [0.1, 0.15) is 40.3 Å². The standard InChI is InChI=1S/C23H21N3O3S/c1-13-24-20(12-29-13)15-4-2-14(3-5-15)10-16-11-19(25-18-8-9-30-22(16)18)23(28)26-17-6-7-21(17)27/h2-5,8-9,11-12,17,21,27H,6-7,10H2,1H3,(H,26,28)/t17-,21-/m0/s1. The summed E-state index contributed by atoms with van der Waals surface area (Å²) in [5, 5.41) is 14.6. The van der Waals surface area contributed by atoms with Gasteiger partial charge in [-0.05, 0) is 47.9 Å². The predicted octanol–water partition coefficient (Wildman–Crippen LogP) is 4.10. The lowest BCUT2D eigenvalue weighted by atomic mass is 9.89. The van der Waals surface area contributed by atoms with Crippen molar-refractivity contribution in [1.82, 2.24) is 15.3 Å². The van der Waals surface area contributed by atoms with Crippen molar-refractivity contribution >= 4 is 27.5 Å². The molecule has 0 unspecified atom stereocenters. The van der Waals surface area contributed by atoms with Gasteiger partial charge in [0.1, 0.15) is 17.7 Å². The number of carbonyl (C=O) groups is 1. The highest BCUT2D eigenvalue weighted by molar-refractivity contribution is 7.17. The van der Waals surface area contributed by atoms with Gasteiger partial charge in [-0.2, -0.15) is 0 Å². The van der Waals surface area contributed by atoms with Gasteiger partial charge < -0.3 is 14.8 Å². The van der Waals surface area contributed by atoms with Crippen LogP contribution in [0.25, 0.3) is 21.5 Å². The van der Waals surface area contributed by atoms with E-state index in [2.05, 4.69) is 27.4 Å². The number of thiophene rings is 1. The van der Waals surface area contributed by atoms with E-state index in [4.69, 9.17) is 4.42 Å². The molecule has 1 amide bonds. The van der Waals surface area contributed by atoms with E-state index in [1.54, 1.807) is 17.6 Å². The number of hydrogen-bond donors (Lipinski definition) is 2. The number of hydrogen-bond acceptors (Lipinski definition) is 6. The molecule has 1 aliphatic rings. The number of aryl methyl sites for hydroxylation is 1. The molecule has 0 radical (unpaired) electrons. The van der Waals surface area contributed by atoms with Crippen molar-refractivity contribution in [2.45, 2.75) is 38.3 Å². The lowest BCUT2D eigenvalue weighted by Crippen LogP contribution is -2.50. The lowest BCUT2D eigenvalue weighted by molar-refractivity contribution is 0.0446. The second-order valence-electron chi connectivity index (χ2n) is 7.65. The second kappa shape index (κ2) is 7.66. The molecule has 7 heteroatoms. The normalized spacial score (nSPS) is 18.3. The number of aliphatic hydroxyl groups is 1. The van der Waals surface area contributed by atoms with Crippen molar-refractivity contribution in [2.24, 2.45) is 0 Å². The molecule has 3 aromatic heterocycles. The molecule has 2 N–H and O–H groups in total. The molecule has 0 bridgehead atoms. The van der Waals surface area contributed by atoms with Crippen LogP contribution in [0, 0.1) is 6.92 Å². The molecule has 3 heterocycles. The third-order valence-corrected chi connectivity index (χ3v) is 6.52. The van der Waals surface area contributed by atoms with Crippen LogP contribution in [0.15, 0.2) is 52.5 Å². The van der Waals surface area contributed by atoms with Crippen LogP contribution in [-0.4, -0.2) is 33.1 Å². The number of nitrogens with one attached hydrogen (secondary N) is 1. The number of pyridine rings is 1. The maximum Gasteiger partial charge on any atom is 0.270 e. The van der Waals surface area contributed by atoms with Gasteiger partial charge in [0.25, 0.3) is 5.91 Å². The zero-order valence-electron chi connectivity index (χ0n) is 16.5. The first-order chi connectivity index (χ1) is 14.6. The summed E-state index contributed by atoms with van der Waals surface area (Å²) in [6.07, 6.45) is 3.44. The van der Waals surface area contributed by atoms with Gasteiger partial charge in [0.05, 0.1) is 22.4 Å². The van der Waals surface area contributed by atoms with Gasteiger partial charge in [0, 0.05) is 12.5 Å². The molecule has 6 nitrogen and oxygen atoms in total. The minimum atomic E-state index is -0.453. The Bertz CT molecular complexity index is 1210. The lowest BCUT2D eigenvalue weighted by Gasteiger charge is -2.32. The first-order valence-electron chi connectivity index (χ1n) is 9.94. The maximum absolute atomic E-state index is 12.7. The molecular formula is C23H21N3O3S. The van der Waals surface area contributed by atoms with Gasteiger partial charge >= 0.3 is 0 Å². The molecule has 152 valence electrons. The van der Waals surface area contributed by atoms with Crippen molar-refractivity contribution in [3.63, 3.8) is 0 Å². The van der Waals surface area contributed by atoms with Crippen molar-refractivity contribution in [1.29, 1.82) is 0 Å². The van der Waals surface area contributed by atoms with Gasteiger partial charge in [0.2, 0.25) is 0 Å². The molecule has 0 saturated heterocycles. The minimum absolute atomic E-state index is 0.173. The monoisotopic (exact) mass is 419 g/mol. The number of fused-ring (bicyclic) bond motifs is 1. The largest absolute Gasteiger partial charge is 0.449 e. The van der Waals surface area contributed by atoms with Crippen LogP contribution < -0.4 is 5.32 Å². The van der Waals surface area contributed by atoms with Gasteiger partial charge in [-0.3, -0.25) is 4.79 Å². The second-order valence-corrected chi connectivity index (χ2v) is 8.57. The number of oxazole rings is 1. The molecular weight excluding hydrogens is 398 g/mol. The summed E-state index contributed by atoms with van der Waals surface area (Å²) < 4.78 is 6.39. The van der Waals surface area contributed by atoms with Gasteiger partial charge in [-0.25, -0.2) is 9.97 Å². The van der Waals surface area contributed by atoms with Gasteiger partial charge in [0.15, 0.2) is 5.89 Å². The molecule has 0 spiro atoms. The Labute approximate surface area is 177 Å². The molecule has 0 aliphatic heterocycles. The number of benzene rings is 1. The van der Waals surface area contributed by atoms with E-state index in [9.17, 15) is 9.90 Å². The third kappa shape index (κ3) is 3.62. The van der Waals surface area contributed by atoms with Crippen LogP contribution in [0.2, 0.25) is 0 Å². The fourth-order valence-electron chi connectivity index (χ4n) is 3.67. The summed E-state index contributed by atoms with van der Waals surface area (Å²) in [5.74, 6) is 0.413. The third-order valence-electron chi connectivity index (χ3n) is 5.54. The van der Waals surface area contributed by atoms with Crippen LogP contribution in [0.3, 0.4) is 0 Å². The Kier molecular flexibility index (Phi) is 4.84. The van der Waals surface area contributed by atoms with Crippen molar-refractivity contribution in [2.75, 3.05) is 0 Å². The first kappa shape index (κ1) is 19.0. The summed E-state index contributed by atoms with van der Waals surface area (Å²) in [6.45, 7) is 1.83. The summed E-state index contributed by atoms with van der Waals surface area (Å²) in [6, 6.07) is 11.8. The molecule has 1 aliphatic carbocycles. The molecule has 5 rings (SSSR count). The van der Waals surface area contributed by atoms with E-state index in [1.807, 2.05) is 36.6 Å². The SMILES string of the molecule is Cc1nc(-c2ccc(Cc3cc(C(=O)N[C@H]4CC[C@@H]4O)nc4ccsc34)cc2)co1. The number of aromatic nitrogens is 2. The van der Waals surface area contributed by atoms with E-state index in [1.165, 1.54) is 0 Å². The van der Waals surface area contributed by atoms with Crippen LogP contribution in [-0.2, 0) is 6.42 Å². The smallest absolute Gasteiger partial charge is 0.270 e. The fraction of sp³-hybridized carbons (Fsp3) is 0.261. The van der Waals surface area contributed by atoms with E-state index in [0.29, 0.717) is 18.0 Å². The average Bonchev–Trinajstić information content (AvgIpc) is 3.40. The Morgan fingerprint density at radius 1 is 1.23 bits per heavy atom. The van der Waals surface area contributed by atoms with Crippen LogP contribution >= 0.6 is 11.3 Å². The summed E-state index contributed by atoms with van der Waals surface area (Å²) in [4.78, 5) is 21.6. The zero-order chi connectivity index (χ0) is 20.7. The number of aliphatic hydroxyl groups excluding tert-OH is 1. The highest BCUT2D eigenvalue weighted by atomic mass is 32.1. The van der Waals surface area contributed by atoms with Crippen molar-refractivity contribution in [3.05, 3.63) is 70.8 Å². The van der Waals surface area contributed by atoms with Crippen molar-refractivity contribution < 1.29 is 14.3 Å². The Morgan fingerprint density at radius 3 is 2.73 bits per heavy atom. The van der Waals surface area contributed by atoms with E-state index in [0.717, 1.165) is 45.4 Å². The van der Waals surface area contributed by atoms with Gasteiger partial charge in [-0.1, -0.05) is 24.3 Å². The Balaban J connectivity index is 1.40. The van der Waals surface area contributed by atoms with Gasteiger partial charge in [-0.15, -0.1) is 11.3 Å². The number of nitrogens with zero attached hydrogens (tertiary/aromatic N) is 2. The predicted molar refractivity (Wildman–Crippen MR) is 116 cm³/mol.